The highest BCUT2D eigenvalue weighted by Crippen LogP contribution is 2.24. The fraction of sp³-hybridized carbons (Fsp3) is 0.350. The van der Waals surface area contributed by atoms with E-state index in [4.69, 9.17) is 11.6 Å². The highest BCUT2D eigenvalue weighted by molar-refractivity contribution is 6.33. The third-order valence-electron chi connectivity index (χ3n) is 4.58. The SMILES string of the molecule is Cc1cccc(CN2CCC(C(=O)Nc3ccccc3Cl)CC2)c1. The molecule has 1 aliphatic heterocycles. The lowest BCUT2D eigenvalue weighted by atomic mass is 9.95. The van der Waals surface area contributed by atoms with Gasteiger partial charge in [-0.2, -0.15) is 0 Å². The number of hydrogen-bond acceptors (Lipinski definition) is 2. The molecule has 0 aliphatic carbocycles. The van der Waals surface area contributed by atoms with Crippen molar-refractivity contribution in [2.45, 2.75) is 26.3 Å². The fourth-order valence-corrected chi connectivity index (χ4v) is 3.40. The standard InChI is InChI=1S/C20H23ClN2O/c1-15-5-4-6-16(13-15)14-23-11-9-17(10-12-23)20(24)22-19-8-3-2-7-18(19)21/h2-8,13,17H,9-12,14H2,1H3,(H,22,24). The second-order valence-electron chi connectivity index (χ2n) is 6.51. The van der Waals surface area contributed by atoms with Crippen LogP contribution in [0.5, 0.6) is 0 Å². The molecule has 3 nitrogen and oxygen atoms in total. The summed E-state index contributed by atoms with van der Waals surface area (Å²) in [7, 11) is 0. The van der Waals surface area contributed by atoms with Gasteiger partial charge in [-0.1, -0.05) is 53.6 Å². The number of piperidine rings is 1. The van der Waals surface area contributed by atoms with E-state index < -0.39 is 0 Å². The number of likely N-dealkylation sites (tertiary alicyclic amines) is 1. The molecule has 0 saturated carbocycles. The van der Waals surface area contributed by atoms with Crippen molar-refractivity contribution in [2.75, 3.05) is 18.4 Å². The van der Waals surface area contributed by atoms with Crippen molar-refractivity contribution in [1.82, 2.24) is 4.90 Å². The maximum absolute atomic E-state index is 12.4. The molecule has 1 amide bonds. The molecule has 1 heterocycles. The summed E-state index contributed by atoms with van der Waals surface area (Å²) < 4.78 is 0. The van der Waals surface area contributed by atoms with Gasteiger partial charge in [0, 0.05) is 12.5 Å². The van der Waals surface area contributed by atoms with Gasteiger partial charge in [0.2, 0.25) is 5.91 Å². The van der Waals surface area contributed by atoms with E-state index in [1.807, 2.05) is 18.2 Å². The molecule has 4 heteroatoms. The molecule has 1 aliphatic rings. The molecule has 126 valence electrons. The van der Waals surface area contributed by atoms with Gasteiger partial charge in [-0.3, -0.25) is 9.69 Å². The second kappa shape index (κ2) is 7.82. The van der Waals surface area contributed by atoms with Crippen molar-refractivity contribution in [3.63, 3.8) is 0 Å². The maximum Gasteiger partial charge on any atom is 0.227 e. The lowest BCUT2D eigenvalue weighted by molar-refractivity contribution is -0.121. The zero-order chi connectivity index (χ0) is 16.9. The number of anilines is 1. The molecule has 0 unspecified atom stereocenters. The quantitative estimate of drug-likeness (QED) is 0.887. The molecule has 1 saturated heterocycles. The summed E-state index contributed by atoms with van der Waals surface area (Å²) in [5.41, 5.74) is 3.34. The van der Waals surface area contributed by atoms with Gasteiger partial charge in [-0.15, -0.1) is 0 Å². The van der Waals surface area contributed by atoms with Gasteiger partial charge < -0.3 is 5.32 Å². The molecular formula is C20H23ClN2O. The first-order valence-electron chi connectivity index (χ1n) is 8.45. The molecule has 0 aromatic heterocycles. The van der Waals surface area contributed by atoms with Gasteiger partial charge in [0.15, 0.2) is 0 Å². The number of rotatable bonds is 4. The summed E-state index contributed by atoms with van der Waals surface area (Å²) in [5, 5.41) is 3.55. The van der Waals surface area contributed by atoms with Gasteiger partial charge in [-0.25, -0.2) is 0 Å². The Balaban J connectivity index is 1.51. The summed E-state index contributed by atoms with van der Waals surface area (Å²) >= 11 is 6.11. The molecule has 2 aromatic rings. The molecule has 2 aromatic carbocycles. The van der Waals surface area contributed by atoms with Crippen molar-refractivity contribution < 1.29 is 4.79 Å². The van der Waals surface area contributed by atoms with E-state index in [9.17, 15) is 4.79 Å². The zero-order valence-corrected chi connectivity index (χ0v) is 14.7. The lowest BCUT2D eigenvalue weighted by Gasteiger charge is -2.31. The molecule has 3 rings (SSSR count). The maximum atomic E-state index is 12.4. The zero-order valence-electron chi connectivity index (χ0n) is 14.0. The monoisotopic (exact) mass is 342 g/mol. The van der Waals surface area contributed by atoms with Crippen LogP contribution < -0.4 is 5.32 Å². The van der Waals surface area contributed by atoms with Crippen LogP contribution in [-0.2, 0) is 11.3 Å². The molecule has 0 radical (unpaired) electrons. The Morgan fingerprint density at radius 2 is 1.92 bits per heavy atom. The lowest BCUT2D eigenvalue weighted by Crippen LogP contribution is -2.37. The van der Waals surface area contributed by atoms with Crippen LogP contribution in [0.2, 0.25) is 5.02 Å². The molecule has 0 atom stereocenters. The normalized spacial score (nSPS) is 16.1. The summed E-state index contributed by atoms with van der Waals surface area (Å²) in [6, 6.07) is 16.0. The third-order valence-corrected chi connectivity index (χ3v) is 4.91. The van der Waals surface area contributed by atoms with Crippen LogP contribution in [0, 0.1) is 12.8 Å². The topological polar surface area (TPSA) is 32.3 Å². The summed E-state index contributed by atoms with van der Waals surface area (Å²) in [5.74, 6) is 0.147. The number of carbonyl (C=O) groups is 1. The Kier molecular flexibility index (Phi) is 5.54. The smallest absolute Gasteiger partial charge is 0.227 e. The van der Waals surface area contributed by atoms with Crippen LogP contribution in [0.3, 0.4) is 0 Å². The number of para-hydroxylation sites is 1. The van der Waals surface area contributed by atoms with E-state index >= 15 is 0 Å². The van der Waals surface area contributed by atoms with E-state index in [1.165, 1.54) is 11.1 Å². The van der Waals surface area contributed by atoms with Crippen molar-refractivity contribution in [3.05, 3.63) is 64.7 Å². The summed E-state index contributed by atoms with van der Waals surface area (Å²) in [6.07, 6.45) is 1.78. The van der Waals surface area contributed by atoms with Crippen LogP contribution in [0.1, 0.15) is 24.0 Å². The van der Waals surface area contributed by atoms with Gasteiger partial charge in [0.25, 0.3) is 0 Å². The number of halogens is 1. The van der Waals surface area contributed by atoms with E-state index in [2.05, 4.69) is 41.4 Å². The van der Waals surface area contributed by atoms with Crippen molar-refractivity contribution in [1.29, 1.82) is 0 Å². The molecule has 1 fully saturated rings. The second-order valence-corrected chi connectivity index (χ2v) is 6.92. The minimum atomic E-state index is 0.0648. The Labute approximate surface area is 148 Å². The average Bonchev–Trinajstić information content (AvgIpc) is 2.57. The van der Waals surface area contributed by atoms with Crippen molar-refractivity contribution in [3.8, 4) is 0 Å². The van der Waals surface area contributed by atoms with Crippen LogP contribution in [0.4, 0.5) is 5.69 Å². The first-order chi connectivity index (χ1) is 11.6. The number of benzene rings is 2. The van der Waals surface area contributed by atoms with Gasteiger partial charge in [0.1, 0.15) is 0 Å². The van der Waals surface area contributed by atoms with E-state index in [1.54, 1.807) is 6.07 Å². The number of nitrogens with one attached hydrogen (secondary N) is 1. The van der Waals surface area contributed by atoms with Crippen LogP contribution in [-0.4, -0.2) is 23.9 Å². The molecule has 0 bridgehead atoms. The summed E-state index contributed by atoms with van der Waals surface area (Å²) in [6.45, 7) is 4.98. The van der Waals surface area contributed by atoms with Crippen LogP contribution in [0.15, 0.2) is 48.5 Å². The molecule has 24 heavy (non-hydrogen) atoms. The average molecular weight is 343 g/mol. The van der Waals surface area contributed by atoms with E-state index in [-0.39, 0.29) is 11.8 Å². The number of nitrogens with zero attached hydrogens (tertiary/aromatic N) is 1. The van der Waals surface area contributed by atoms with Gasteiger partial charge in [-0.05, 0) is 50.6 Å². The predicted molar refractivity (Wildman–Crippen MR) is 99.3 cm³/mol. The first kappa shape index (κ1) is 17.0. The Bertz CT molecular complexity index is 708. The first-order valence-corrected chi connectivity index (χ1v) is 8.83. The van der Waals surface area contributed by atoms with Gasteiger partial charge >= 0.3 is 0 Å². The predicted octanol–water partition coefficient (Wildman–Crippen LogP) is 4.50. The van der Waals surface area contributed by atoms with Crippen molar-refractivity contribution >= 4 is 23.2 Å². The van der Waals surface area contributed by atoms with Gasteiger partial charge in [0.05, 0.1) is 10.7 Å². The molecular weight excluding hydrogens is 320 g/mol. The van der Waals surface area contributed by atoms with Crippen LogP contribution in [0.25, 0.3) is 0 Å². The fourth-order valence-electron chi connectivity index (χ4n) is 3.22. The van der Waals surface area contributed by atoms with E-state index in [0.29, 0.717) is 10.7 Å². The molecule has 1 N–H and O–H groups in total. The highest BCUT2D eigenvalue weighted by Gasteiger charge is 2.25. The minimum absolute atomic E-state index is 0.0648. The van der Waals surface area contributed by atoms with E-state index in [0.717, 1.165) is 32.5 Å². The Hall–Kier alpha value is -1.84. The van der Waals surface area contributed by atoms with Crippen molar-refractivity contribution in [2.24, 2.45) is 5.92 Å². The number of aryl methyl sites for hydroxylation is 1. The Morgan fingerprint density at radius 1 is 1.17 bits per heavy atom. The number of carbonyl (C=O) groups excluding carboxylic acids is 1. The Morgan fingerprint density at radius 3 is 2.62 bits per heavy atom. The van der Waals surface area contributed by atoms with Crippen LogP contribution >= 0.6 is 11.6 Å². The molecule has 0 spiro atoms. The minimum Gasteiger partial charge on any atom is -0.325 e. The number of hydrogen-bond donors (Lipinski definition) is 1. The highest BCUT2D eigenvalue weighted by atomic mass is 35.5. The number of amides is 1. The largest absolute Gasteiger partial charge is 0.325 e. The third kappa shape index (κ3) is 4.37. The summed E-state index contributed by atoms with van der Waals surface area (Å²) in [4.78, 5) is 14.9.